The number of amides is 2. The van der Waals surface area contributed by atoms with Gasteiger partial charge in [-0.25, -0.2) is 4.79 Å². The molecule has 3 rings (SSSR count). The van der Waals surface area contributed by atoms with Gasteiger partial charge in [-0.3, -0.25) is 10.4 Å². The number of H-pyrrole nitrogens is 1. The van der Waals surface area contributed by atoms with E-state index >= 15 is 0 Å². The van der Waals surface area contributed by atoms with Crippen LogP contribution in [0.2, 0.25) is 5.02 Å². The molecule has 0 aliphatic rings. The van der Waals surface area contributed by atoms with E-state index in [1.165, 1.54) is 0 Å². The number of rotatable bonds is 5. The Hall–Kier alpha value is -2.99. The lowest BCUT2D eigenvalue weighted by atomic mass is 10.2. The number of aromatic nitrogens is 2. The molecule has 0 atom stereocenters. The van der Waals surface area contributed by atoms with Crippen molar-refractivity contribution in [2.45, 2.75) is 6.54 Å². The zero-order chi connectivity index (χ0) is 16.8. The maximum absolute atomic E-state index is 12.0. The maximum Gasteiger partial charge on any atom is 0.320 e. The molecule has 24 heavy (non-hydrogen) atoms. The Labute approximate surface area is 144 Å². The van der Waals surface area contributed by atoms with Gasteiger partial charge in [0.05, 0.1) is 6.20 Å². The molecule has 1 aromatic heterocycles. The molecule has 0 spiro atoms. The number of nitrogens with zero attached hydrogens (tertiary/aromatic N) is 1. The third-order valence-electron chi connectivity index (χ3n) is 3.28. The van der Waals surface area contributed by atoms with E-state index in [4.69, 9.17) is 11.6 Å². The quantitative estimate of drug-likeness (QED) is 0.563. The van der Waals surface area contributed by atoms with E-state index in [0.717, 1.165) is 11.3 Å². The van der Waals surface area contributed by atoms with Gasteiger partial charge in [0.1, 0.15) is 5.69 Å². The monoisotopic (exact) mass is 341 g/mol. The molecule has 0 fully saturated rings. The predicted octanol–water partition coefficient (Wildman–Crippen LogP) is 4.13. The van der Waals surface area contributed by atoms with Crippen molar-refractivity contribution in [1.82, 2.24) is 15.5 Å². The first-order valence-electron chi connectivity index (χ1n) is 7.35. The van der Waals surface area contributed by atoms with Crippen molar-refractivity contribution in [1.29, 1.82) is 0 Å². The molecule has 1 heterocycles. The van der Waals surface area contributed by atoms with Gasteiger partial charge >= 0.3 is 6.03 Å². The van der Waals surface area contributed by atoms with Crippen LogP contribution in [0.4, 0.5) is 22.0 Å². The molecule has 122 valence electrons. The van der Waals surface area contributed by atoms with Gasteiger partial charge in [0.25, 0.3) is 0 Å². The second kappa shape index (κ2) is 7.52. The van der Waals surface area contributed by atoms with Gasteiger partial charge in [-0.1, -0.05) is 48.0 Å². The molecule has 0 saturated heterocycles. The van der Waals surface area contributed by atoms with E-state index in [-0.39, 0.29) is 6.03 Å². The first kappa shape index (κ1) is 15.9. The van der Waals surface area contributed by atoms with Crippen LogP contribution >= 0.6 is 11.6 Å². The lowest BCUT2D eigenvalue weighted by Crippen LogP contribution is -2.28. The Bertz CT molecular complexity index is 819. The zero-order valence-electron chi connectivity index (χ0n) is 12.7. The molecular weight excluding hydrogens is 326 g/mol. The lowest BCUT2D eigenvalue weighted by molar-refractivity contribution is 0.251. The zero-order valence-corrected chi connectivity index (χ0v) is 13.5. The Kier molecular flexibility index (Phi) is 4.98. The first-order chi connectivity index (χ1) is 11.7. The summed E-state index contributed by atoms with van der Waals surface area (Å²) in [7, 11) is 0. The van der Waals surface area contributed by atoms with Crippen LogP contribution in [0.15, 0.2) is 60.8 Å². The summed E-state index contributed by atoms with van der Waals surface area (Å²) < 4.78 is 0. The summed E-state index contributed by atoms with van der Waals surface area (Å²) >= 11 is 5.97. The van der Waals surface area contributed by atoms with Crippen molar-refractivity contribution in [3.05, 3.63) is 71.4 Å². The number of benzene rings is 2. The molecule has 0 radical (unpaired) electrons. The van der Waals surface area contributed by atoms with Gasteiger partial charge in [-0.05, 0) is 23.8 Å². The Morgan fingerprint density at radius 1 is 1.12 bits per heavy atom. The van der Waals surface area contributed by atoms with Crippen LogP contribution in [-0.4, -0.2) is 16.2 Å². The molecule has 6 nitrogen and oxygen atoms in total. The standard InChI is InChI=1S/C17H16ClN5O/c18-13-7-4-8-14(9-13)21-15-11-20-23-16(15)22-17(24)19-10-12-5-2-1-3-6-12/h1-9,11,21H,10H2,(H3,19,20,22,23,24). The second-order valence-electron chi connectivity index (χ2n) is 5.09. The van der Waals surface area contributed by atoms with Gasteiger partial charge in [-0.2, -0.15) is 5.10 Å². The average Bonchev–Trinajstić information content (AvgIpc) is 3.01. The van der Waals surface area contributed by atoms with Crippen LogP contribution in [0.25, 0.3) is 0 Å². The number of carbonyl (C=O) groups is 1. The number of hydrogen-bond acceptors (Lipinski definition) is 3. The Morgan fingerprint density at radius 3 is 2.75 bits per heavy atom. The number of hydrogen-bond donors (Lipinski definition) is 4. The topological polar surface area (TPSA) is 81.8 Å². The molecule has 0 saturated carbocycles. The second-order valence-corrected chi connectivity index (χ2v) is 5.52. The largest absolute Gasteiger partial charge is 0.351 e. The highest BCUT2D eigenvalue weighted by molar-refractivity contribution is 6.30. The molecule has 4 N–H and O–H groups in total. The van der Waals surface area contributed by atoms with Crippen LogP contribution in [-0.2, 0) is 6.54 Å². The van der Waals surface area contributed by atoms with E-state index in [0.29, 0.717) is 23.1 Å². The Morgan fingerprint density at radius 2 is 1.96 bits per heavy atom. The number of aromatic amines is 1. The summed E-state index contributed by atoms with van der Waals surface area (Å²) in [6.45, 7) is 0.442. The maximum atomic E-state index is 12.0. The minimum Gasteiger partial charge on any atom is -0.351 e. The fourth-order valence-electron chi connectivity index (χ4n) is 2.13. The smallest absolute Gasteiger partial charge is 0.320 e. The average molecular weight is 342 g/mol. The molecule has 0 unspecified atom stereocenters. The minimum absolute atomic E-state index is 0.322. The lowest BCUT2D eigenvalue weighted by Gasteiger charge is -2.09. The summed E-state index contributed by atoms with van der Waals surface area (Å²) in [6.07, 6.45) is 1.59. The highest BCUT2D eigenvalue weighted by Gasteiger charge is 2.09. The number of halogens is 1. The normalized spacial score (nSPS) is 10.2. The van der Waals surface area contributed by atoms with Crippen LogP contribution < -0.4 is 16.0 Å². The fourth-order valence-corrected chi connectivity index (χ4v) is 2.32. The highest BCUT2D eigenvalue weighted by Crippen LogP contribution is 2.24. The van der Waals surface area contributed by atoms with Crippen molar-refractivity contribution in [2.75, 3.05) is 10.6 Å². The summed E-state index contributed by atoms with van der Waals surface area (Å²) in [5.74, 6) is 0.473. The number of anilines is 3. The van der Waals surface area contributed by atoms with Crippen molar-refractivity contribution in [3.8, 4) is 0 Å². The van der Waals surface area contributed by atoms with E-state index in [1.54, 1.807) is 18.3 Å². The van der Waals surface area contributed by atoms with Crippen molar-refractivity contribution in [3.63, 3.8) is 0 Å². The van der Waals surface area contributed by atoms with Crippen LogP contribution in [0, 0.1) is 0 Å². The molecule has 3 aromatic rings. The van der Waals surface area contributed by atoms with Gasteiger partial charge in [0.15, 0.2) is 5.82 Å². The van der Waals surface area contributed by atoms with Gasteiger partial charge in [0.2, 0.25) is 0 Å². The third-order valence-corrected chi connectivity index (χ3v) is 3.51. The minimum atomic E-state index is -0.322. The SMILES string of the molecule is O=C(NCc1ccccc1)Nc1[nH]ncc1Nc1cccc(Cl)c1. The van der Waals surface area contributed by atoms with Gasteiger partial charge in [0, 0.05) is 17.3 Å². The molecule has 2 aromatic carbocycles. The third kappa shape index (κ3) is 4.27. The van der Waals surface area contributed by atoms with Crippen molar-refractivity contribution >= 4 is 34.8 Å². The molecule has 0 aliphatic heterocycles. The van der Waals surface area contributed by atoms with E-state index in [9.17, 15) is 4.79 Å². The van der Waals surface area contributed by atoms with E-state index in [1.807, 2.05) is 42.5 Å². The summed E-state index contributed by atoms with van der Waals surface area (Å²) in [4.78, 5) is 12.0. The number of nitrogens with one attached hydrogen (secondary N) is 4. The van der Waals surface area contributed by atoms with Crippen LogP contribution in [0.5, 0.6) is 0 Å². The summed E-state index contributed by atoms with van der Waals surface area (Å²) in [6, 6.07) is 16.6. The van der Waals surface area contributed by atoms with Crippen LogP contribution in [0.1, 0.15) is 5.56 Å². The molecule has 7 heteroatoms. The van der Waals surface area contributed by atoms with E-state index in [2.05, 4.69) is 26.1 Å². The highest BCUT2D eigenvalue weighted by atomic mass is 35.5. The number of carbonyl (C=O) groups excluding carboxylic acids is 1. The molecule has 2 amide bonds. The van der Waals surface area contributed by atoms with E-state index < -0.39 is 0 Å². The van der Waals surface area contributed by atoms with Gasteiger partial charge < -0.3 is 10.6 Å². The van der Waals surface area contributed by atoms with Crippen LogP contribution in [0.3, 0.4) is 0 Å². The van der Waals surface area contributed by atoms with Crippen molar-refractivity contribution < 1.29 is 4.79 Å². The number of urea groups is 1. The molecular formula is C17H16ClN5O. The van der Waals surface area contributed by atoms with Gasteiger partial charge in [-0.15, -0.1) is 0 Å². The van der Waals surface area contributed by atoms with Crippen molar-refractivity contribution in [2.24, 2.45) is 0 Å². The molecule has 0 bridgehead atoms. The summed E-state index contributed by atoms with van der Waals surface area (Å²) in [5.41, 5.74) is 2.47. The summed E-state index contributed by atoms with van der Waals surface area (Å²) in [5, 5.41) is 16.0. The Balaban J connectivity index is 1.59. The predicted molar refractivity (Wildman–Crippen MR) is 95.6 cm³/mol. The molecule has 0 aliphatic carbocycles. The fraction of sp³-hybridized carbons (Fsp3) is 0.0588. The first-order valence-corrected chi connectivity index (χ1v) is 7.73.